The van der Waals surface area contributed by atoms with Gasteiger partial charge in [0.2, 0.25) is 0 Å². The summed E-state index contributed by atoms with van der Waals surface area (Å²) in [6.45, 7) is -0.354. The van der Waals surface area contributed by atoms with Crippen LogP contribution in [-0.4, -0.2) is 41.0 Å². The predicted molar refractivity (Wildman–Crippen MR) is 80.5 cm³/mol. The van der Waals surface area contributed by atoms with Crippen molar-refractivity contribution in [3.05, 3.63) is 29.6 Å². The number of amides is 1. The van der Waals surface area contributed by atoms with Gasteiger partial charge in [0.05, 0.1) is 12.8 Å². The van der Waals surface area contributed by atoms with E-state index in [1.54, 1.807) is 22.9 Å². The first-order chi connectivity index (χ1) is 11.0. The van der Waals surface area contributed by atoms with Gasteiger partial charge in [0.25, 0.3) is 5.91 Å². The number of esters is 1. The number of Topliss-reactive ketones (excluding diaryl/α,β-unsaturated/α-hetero) is 1. The van der Waals surface area contributed by atoms with Gasteiger partial charge in [-0.05, 0) is 25.0 Å². The summed E-state index contributed by atoms with van der Waals surface area (Å²) in [5.74, 6) is -2.12. The monoisotopic (exact) mass is 318 g/mol. The van der Waals surface area contributed by atoms with Crippen LogP contribution >= 0.6 is 0 Å². The average Bonchev–Trinajstić information content (AvgIpc) is 3.20. The molecule has 7 nitrogen and oxygen atoms in total. The van der Waals surface area contributed by atoms with Crippen molar-refractivity contribution >= 4 is 23.4 Å². The van der Waals surface area contributed by atoms with Gasteiger partial charge in [-0.1, -0.05) is 12.8 Å². The van der Waals surface area contributed by atoms with Crippen LogP contribution in [0.1, 0.15) is 31.4 Å². The minimum Gasteiger partial charge on any atom is -0.505 e. The van der Waals surface area contributed by atoms with Crippen LogP contribution in [0.25, 0.3) is 5.76 Å². The van der Waals surface area contributed by atoms with Gasteiger partial charge in [0.15, 0.2) is 11.5 Å². The Morgan fingerprint density at radius 1 is 1.39 bits per heavy atom. The lowest BCUT2D eigenvalue weighted by atomic mass is 9.83. The molecule has 1 aromatic heterocycles. The van der Waals surface area contributed by atoms with Crippen molar-refractivity contribution < 1.29 is 24.2 Å². The number of fused-ring (bicyclic) bond motifs is 2. The molecule has 23 heavy (non-hydrogen) atoms. The maximum absolute atomic E-state index is 13.0. The summed E-state index contributed by atoms with van der Waals surface area (Å²) in [5.41, 5.74) is -0.625. The first-order valence-corrected chi connectivity index (χ1v) is 7.52. The fourth-order valence-electron chi connectivity index (χ4n) is 3.48. The summed E-state index contributed by atoms with van der Waals surface area (Å²) < 4.78 is 6.23. The predicted octanol–water partition coefficient (Wildman–Crippen LogP) is 0.898. The molecule has 1 aliphatic carbocycles. The van der Waals surface area contributed by atoms with Gasteiger partial charge < -0.3 is 19.7 Å². The number of rotatable bonds is 3. The fraction of sp³-hybridized carbons (Fsp3) is 0.438. The molecule has 1 aromatic rings. The third-order valence-corrected chi connectivity index (χ3v) is 4.62. The summed E-state index contributed by atoms with van der Waals surface area (Å²) in [6, 6.07) is 3.42. The van der Waals surface area contributed by atoms with Crippen molar-refractivity contribution in [2.24, 2.45) is 0 Å². The topological polar surface area (TPSA) is 97.6 Å². The highest BCUT2D eigenvalue weighted by Crippen LogP contribution is 2.44. The number of ketones is 1. The van der Waals surface area contributed by atoms with Crippen LogP contribution < -0.4 is 5.32 Å². The molecule has 0 radical (unpaired) electrons. The second-order valence-corrected chi connectivity index (χ2v) is 5.81. The molecule has 1 aliphatic heterocycles. The van der Waals surface area contributed by atoms with Crippen molar-refractivity contribution in [1.29, 1.82) is 0 Å². The molecule has 7 heteroatoms. The first-order valence-electron chi connectivity index (χ1n) is 7.52. The van der Waals surface area contributed by atoms with Crippen LogP contribution in [0.3, 0.4) is 0 Å². The third kappa shape index (κ3) is 2.23. The van der Waals surface area contributed by atoms with Crippen LogP contribution in [0.4, 0.5) is 0 Å². The Bertz CT molecular complexity index is 710. The number of ether oxygens (including phenoxy) is 1. The summed E-state index contributed by atoms with van der Waals surface area (Å²) in [5, 5.41) is 12.7. The van der Waals surface area contributed by atoms with Crippen molar-refractivity contribution in [3.63, 3.8) is 0 Å². The molecule has 1 spiro atoms. The molecule has 122 valence electrons. The van der Waals surface area contributed by atoms with Crippen LogP contribution in [0.15, 0.2) is 23.9 Å². The third-order valence-electron chi connectivity index (χ3n) is 4.62. The lowest BCUT2D eigenvalue weighted by molar-refractivity contribution is -0.141. The Morgan fingerprint density at radius 3 is 2.74 bits per heavy atom. The summed E-state index contributed by atoms with van der Waals surface area (Å²) in [6.07, 6.45) is 4.81. The Balaban J connectivity index is 1.99. The first kappa shape index (κ1) is 15.3. The van der Waals surface area contributed by atoms with Crippen LogP contribution in [0, 0.1) is 0 Å². The molecule has 0 unspecified atom stereocenters. The smallest absolute Gasteiger partial charge is 0.325 e. The SMILES string of the molecule is COC(=O)CNC(=O)C1=C(O)c2cccn2C2(CCCC2)C1=O. The maximum atomic E-state index is 13.0. The van der Waals surface area contributed by atoms with Gasteiger partial charge in [-0.2, -0.15) is 0 Å². The highest BCUT2D eigenvalue weighted by Gasteiger charge is 2.50. The van der Waals surface area contributed by atoms with Gasteiger partial charge in [-0.15, -0.1) is 0 Å². The zero-order valence-corrected chi connectivity index (χ0v) is 12.8. The average molecular weight is 318 g/mol. The Morgan fingerprint density at radius 2 is 2.09 bits per heavy atom. The fourth-order valence-corrected chi connectivity index (χ4v) is 3.48. The number of methoxy groups -OCH3 is 1. The molecular weight excluding hydrogens is 300 g/mol. The van der Waals surface area contributed by atoms with Crippen molar-refractivity contribution in [2.75, 3.05) is 13.7 Å². The Kier molecular flexibility index (Phi) is 3.71. The van der Waals surface area contributed by atoms with E-state index in [0.29, 0.717) is 18.5 Å². The van der Waals surface area contributed by atoms with E-state index < -0.39 is 23.2 Å². The van der Waals surface area contributed by atoms with Crippen LogP contribution in [0.5, 0.6) is 0 Å². The number of aliphatic hydroxyl groups excluding tert-OH is 1. The van der Waals surface area contributed by atoms with Crippen LogP contribution in [-0.2, 0) is 24.7 Å². The van der Waals surface area contributed by atoms with Crippen molar-refractivity contribution in [3.8, 4) is 0 Å². The summed E-state index contributed by atoms with van der Waals surface area (Å²) in [4.78, 5) is 36.5. The molecule has 0 bridgehead atoms. The van der Waals surface area contributed by atoms with E-state index in [0.717, 1.165) is 12.8 Å². The number of nitrogens with zero attached hydrogens (tertiary/aromatic N) is 1. The van der Waals surface area contributed by atoms with Crippen LogP contribution in [0.2, 0.25) is 0 Å². The second-order valence-electron chi connectivity index (χ2n) is 5.81. The minimum atomic E-state index is -0.803. The molecule has 1 amide bonds. The van der Waals surface area contributed by atoms with E-state index >= 15 is 0 Å². The second kappa shape index (κ2) is 5.57. The molecule has 2 aliphatic rings. The number of hydrogen-bond donors (Lipinski definition) is 2. The van der Waals surface area contributed by atoms with E-state index in [9.17, 15) is 19.5 Å². The van der Waals surface area contributed by atoms with E-state index in [1.165, 1.54) is 7.11 Å². The molecule has 1 saturated carbocycles. The molecule has 0 atom stereocenters. The summed E-state index contributed by atoms with van der Waals surface area (Å²) >= 11 is 0. The molecule has 3 rings (SSSR count). The zero-order valence-electron chi connectivity index (χ0n) is 12.8. The van der Waals surface area contributed by atoms with Gasteiger partial charge in [-0.3, -0.25) is 14.4 Å². The highest BCUT2D eigenvalue weighted by atomic mass is 16.5. The van der Waals surface area contributed by atoms with Gasteiger partial charge in [-0.25, -0.2) is 0 Å². The van der Waals surface area contributed by atoms with E-state index in [1.807, 2.05) is 0 Å². The number of hydrogen-bond acceptors (Lipinski definition) is 5. The Labute approximate surface area is 132 Å². The molecule has 2 N–H and O–H groups in total. The lowest BCUT2D eigenvalue weighted by Crippen LogP contribution is -2.47. The zero-order chi connectivity index (χ0) is 16.6. The minimum absolute atomic E-state index is 0.276. The number of nitrogens with one attached hydrogen (secondary N) is 1. The highest BCUT2D eigenvalue weighted by molar-refractivity contribution is 6.27. The van der Waals surface area contributed by atoms with E-state index in [2.05, 4.69) is 10.1 Å². The largest absolute Gasteiger partial charge is 0.505 e. The van der Waals surface area contributed by atoms with Crippen molar-refractivity contribution in [1.82, 2.24) is 9.88 Å². The number of carbonyl (C=O) groups excluding carboxylic acids is 3. The normalized spacial score (nSPS) is 18.9. The van der Waals surface area contributed by atoms with Gasteiger partial charge in [0, 0.05) is 6.20 Å². The van der Waals surface area contributed by atoms with E-state index in [-0.39, 0.29) is 17.9 Å². The molecule has 1 fully saturated rings. The number of carbonyl (C=O) groups is 3. The number of aliphatic hydroxyl groups is 1. The quantitative estimate of drug-likeness (QED) is 0.637. The van der Waals surface area contributed by atoms with Crippen molar-refractivity contribution in [2.45, 2.75) is 31.2 Å². The molecular formula is C16H18N2O5. The van der Waals surface area contributed by atoms with Gasteiger partial charge >= 0.3 is 5.97 Å². The Hall–Kier alpha value is -2.57. The maximum Gasteiger partial charge on any atom is 0.325 e. The molecule has 0 aromatic carbocycles. The molecule has 0 saturated heterocycles. The van der Waals surface area contributed by atoms with Gasteiger partial charge in [0.1, 0.15) is 17.7 Å². The number of aromatic nitrogens is 1. The lowest BCUT2D eigenvalue weighted by Gasteiger charge is -2.35. The molecule has 2 heterocycles. The standard InChI is InChI=1S/C16H18N2O5/c1-23-11(19)9-17-15(22)12-13(20)10-5-4-8-18(10)16(14(12)21)6-2-3-7-16/h4-5,8,20H,2-3,6-7,9H2,1H3,(H,17,22). The summed E-state index contributed by atoms with van der Waals surface area (Å²) in [7, 11) is 1.21. The van der Waals surface area contributed by atoms with E-state index in [4.69, 9.17) is 0 Å².